The van der Waals surface area contributed by atoms with Crippen molar-refractivity contribution < 1.29 is 14.3 Å². The zero-order valence-electron chi connectivity index (χ0n) is 16.3. The molecule has 0 atom stereocenters. The molecule has 10 nitrogen and oxygen atoms in total. The van der Waals surface area contributed by atoms with Crippen LogP contribution in [-0.4, -0.2) is 56.9 Å². The topological polar surface area (TPSA) is 107 Å². The van der Waals surface area contributed by atoms with Gasteiger partial charge in [-0.3, -0.25) is 4.79 Å². The van der Waals surface area contributed by atoms with Crippen LogP contribution in [0.2, 0.25) is 0 Å². The van der Waals surface area contributed by atoms with Gasteiger partial charge in [0.05, 0.1) is 0 Å². The molecular weight excluding hydrogens is 386 g/mol. The Morgan fingerprint density at radius 3 is 2.60 bits per heavy atom. The standard InChI is InChI=1S/C20H21N7O3/c28-20(25-15-1-2-16-17(9-15)30-8-7-29-16)14-3-5-26(6-4-14)18-10-19(23-12-22-18)27-13-21-11-24-27/h1-2,9-14H,3-8H2,(H,25,28). The maximum absolute atomic E-state index is 12.7. The summed E-state index contributed by atoms with van der Waals surface area (Å²) < 4.78 is 12.7. The van der Waals surface area contributed by atoms with Gasteiger partial charge < -0.3 is 19.7 Å². The van der Waals surface area contributed by atoms with Crippen molar-refractivity contribution >= 4 is 17.4 Å². The van der Waals surface area contributed by atoms with E-state index in [0.717, 1.165) is 37.4 Å². The fourth-order valence-electron chi connectivity index (χ4n) is 3.70. The van der Waals surface area contributed by atoms with E-state index in [4.69, 9.17) is 9.47 Å². The smallest absolute Gasteiger partial charge is 0.227 e. The molecular formula is C20H21N7O3. The number of fused-ring (bicyclic) bond motifs is 1. The fourth-order valence-corrected chi connectivity index (χ4v) is 3.70. The molecule has 5 rings (SSSR count). The second kappa shape index (κ2) is 7.97. The van der Waals surface area contributed by atoms with Crippen LogP contribution in [0.5, 0.6) is 11.5 Å². The van der Waals surface area contributed by atoms with E-state index in [9.17, 15) is 4.79 Å². The number of nitrogens with one attached hydrogen (secondary N) is 1. The average Bonchev–Trinajstić information content (AvgIpc) is 3.34. The molecule has 0 saturated carbocycles. The van der Waals surface area contributed by atoms with Gasteiger partial charge in [-0.2, -0.15) is 5.10 Å². The Hall–Kier alpha value is -3.69. The summed E-state index contributed by atoms with van der Waals surface area (Å²) in [5.74, 6) is 2.84. The van der Waals surface area contributed by atoms with E-state index in [1.165, 1.54) is 12.7 Å². The molecule has 1 N–H and O–H groups in total. The Morgan fingerprint density at radius 2 is 1.80 bits per heavy atom. The highest BCUT2D eigenvalue weighted by molar-refractivity contribution is 5.93. The molecule has 0 radical (unpaired) electrons. The SMILES string of the molecule is O=C(Nc1ccc2c(c1)OCCO2)C1CCN(c2cc(-n3cncn3)ncn2)CC1. The molecule has 30 heavy (non-hydrogen) atoms. The first-order valence-electron chi connectivity index (χ1n) is 9.89. The predicted molar refractivity (Wildman–Crippen MR) is 108 cm³/mol. The van der Waals surface area contributed by atoms with Crippen LogP contribution in [0.1, 0.15) is 12.8 Å². The molecule has 0 bridgehead atoms. The monoisotopic (exact) mass is 407 g/mol. The summed E-state index contributed by atoms with van der Waals surface area (Å²) >= 11 is 0. The molecule has 10 heteroatoms. The summed E-state index contributed by atoms with van der Waals surface area (Å²) in [6.45, 7) is 2.55. The molecule has 1 aromatic carbocycles. The lowest BCUT2D eigenvalue weighted by Gasteiger charge is -2.32. The van der Waals surface area contributed by atoms with Gasteiger partial charge in [-0.05, 0) is 25.0 Å². The van der Waals surface area contributed by atoms with Crippen molar-refractivity contribution in [2.24, 2.45) is 5.92 Å². The summed E-state index contributed by atoms with van der Waals surface area (Å²) in [4.78, 5) is 27.5. The molecule has 0 spiro atoms. The summed E-state index contributed by atoms with van der Waals surface area (Å²) in [6.07, 6.45) is 6.08. The Morgan fingerprint density at radius 1 is 1.00 bits per heavy atom. The number of rotatable bonds is 4. The minimum Gasteiger partial charge on any atom is -0.486 e. The van der Waals surface area contributed by atoms with Crippen molar-refractivity contribution in [1.29, 1.82) is 0 Å². The number of hydrogen-bond acceptors (Lipinski definition) is 8. The number of ether oxygens (including phenoxy) is 2. The van der Waals surface area contributed by atoms with Gasteiger partial charge in [-0.15, -0.1) is 0 Å². The first-order valence-corrected chi connectivity index (χ1v) is 9.89. The van der Waals surface area contributed by atoms with Crippen LogP contribution in [0.4, 0.5) is 11.5 Å². The molecule has 2 aliphatic rings. The lowest BCUT2D eigenvalue weighted by Crippen LogP contribution is -2.38. The molecule has 154 valence electrons. The second-order valence-corrected chi connectivity index (χ2v) is 7.18. The number of hydrogen-bond donors (Lipinski definition) is 1. The minimum absolute atomic E-state index is 0.0253. The lowest BCUT2D eigenvalue weighted by molar-refractivity contribution is -0.120. The number of carbonyl (C=O) groups is 1. The highest BCUT2D eigenvalue weighted by Crippen LogP contribution is 2.33. The van der Waals surface area contributed by atoms with Crippen LogP contribution < -0.4 is 19.7 Å². The maximum atomic E-state index is 12.7. The number of piperidine rings is 1. The number of aromatic nitrogens is 5. The molecule has 1 fully saturated rings. The van der Waals surface area contributed by atoms with Gasteiger partial charge in [0.25, 0.3) is 0 Å². The Kier molecular flexibility index (Phi) is 4.88. The maximum Gasteiger partial charge on any atom is 0.227 e. The number of amides is 1. The number of carbonyl (C=O) groups excluding carboxylic acids is 1. The van der Waals surface area contributed by atoms with E-state index in [1.807, 2.05) is 24.3 Å². The third-order valence-corrected chi connectivity index (χ3v) is 5.29. The molecule has 1 amide bonds. The Bertz CT molecular complexity index is 1030. The first-order chi connectivity index (χ1) is 14.8. The van der Waals surface area contributed by atoms with Crippen LogP contribution in [0, 0.1) is 5.92 Å². The largest absolute Gasteiger partial charge is 0.486 e. The summed E-state index contributed by atoms with van der Waals surface area (Å²) in [5, 5.41) is 7.11. The van der Waals surface area contributed by atoms with Crippen LogP contribution in [-0.2, 0) is 4.79 Å². The zero-order chi connectivity index (χ0) is 20.3. The molecule has 2 aromatic heterocycles. The molecule has 0 unspecified atom stereocenters. The van der Waals surface area contributed by atoms with E-state index in [-0.39, 0.29) is 11.8 Å². The van der Waals surface area contributed by atoms with Gasteiger partial charge >= 0.3 is 0 Å². The minimum atomic E-state index is -0.0499. The molecule has 4 heterocycles. The van der Waals surface area contributed by atoms with Crippen LogP contribution in [0.3, 0.4) is 0 Å². The number of benzene rings is 1. The zero-order valence-corrected chi connectivity index (χ0v) is 16.3. The van der Waals surface area contributed by atoms with Crippen molar-refractivity contribution in [3.63, 3.8) is 0 Å². The van der Waals surface area contributed by atoms with E-state index < -0.39 is 0 Å². The Balaban J connectivity index is 1.20. The van der Waals surface area contributed by atoms with Crippen molar-refractivity contribution in [2.75, 3.05) is 36.5 Å². The van der Waals surface area contributed by atoms with Crippen molar-refractivity contribution in [3.05, 3.63) is 43.2 Å². The highest BCUT2D eigenvalue weighted by atomic mass is 16.6. The van der Waals surface area contributed by atoms with Gasteiger partial charge in [0, 0.05) is 36.8 Å². The van der Waals surface area contributed by atoms with Crippen molar-refractivity contribution in [1.82, 2.24) is 24.7 Å². The van der Waals surface area contributed by atoms with Gasteiger partial charge in [-0.25, -0.2) is 19.6 Å². The second-order valence-electron chi connectivity index (χ2n) is 7.18. The van der Waals surface area contributed by atoms with Crippen molar-refractivity contribution in [2.45, 2.75) is 12.8 Å². The fraction of sp³-hybridized carbons (Fsp3) is 0.350. The number of nitrogens with zero attached hydrogens (tertiary/aromatic N) is 6. The van der Waals surface area contributed by atoms with E-state index >= 15 is 0 Å². The van der Waals surface area contributed by atoms with Crippen LogP contribution >= 0.6 is 0 Å². The van der Waals surface area contributed by atoms with Gasteiger partial charge in [-0.1, -0.05) is 0 Å². The van der Waals surface area contributed by atoms with Crippen molar-refractivity contribution in [3.8, 4) is 17.3 Å². The van der Waals surface area contributed by atoms with Crippen LogP contribution in [0.15, 0.2) is 43.2 Å². The molecule has 0 aliphatic carbocycles. The molecule has 3 aromatic rings. The summed E-state index contributed by atoms with van der Waals surface area (Å²) in [5.41, 5.74) is 0.722. The summed E-state index contributed by atoms with van der Waals surface area (Å²) in [7, 11) is 0. The predicted octanol–water partition coefficient (Wildman–Crippen LogP) is 1.68. The highest BCUT2D eigenvalue weighted by Gasteiger charge is 2.26. The molecule has 1 saturated heterocycles. The van der Waals surface area contributed by atoms with Gasteiger partial charge in [0.15, 0.2) is 17.3 Å². The summed E-state index contributed by atoms with van der Waals surface area (Å²) in [6, 6.07) is 7.36. The van der Waals surface area contributed by atoms with E-state index in [1.54, 1.807) is 11.0 Å². The van der Waals surface area contributed by atoms with Crippen LogP contribution in [0.25, 0.3) is 5.82 Å². The molecule has 2 aliphatic heterocycles. The normalized spacial score (nSPS) is 16.3. The Labute approximate surface area is 172 Å². The lowest BCUT2D eigenvalue weighted by atomic mass is 9.95. The van der Waals surface area contributed by atoms with E-state index in [2.05, 4.69) is 30.3 Å². The number of anilines is 2. The van der Waals surface area contributed by atoms with E-state index in [0.29, 0.717) is 30.5 Å². The first kappa shape index (κ1) is 18.3. The quantitative estimate of drug-likeness (QED) is 0.696. The average molecular weight is 407 g/mol. The third kappa shape index (κ3) is 3.76. The van der Waals surface area contributed by atoms with Gasteiger partial charge in [0.1, 0.15) is 38.0 Å². The third-order valence-electron chi connectivity index (χ3n) is 5.29. The van der Waals surface area contributed by atoms with Gasteiger partial charge in [0.2, 0.25) is 5.91 Å².